The van der Waals surface area contributed by atoms with E-state index in [1.54, 1.807) is 12.1 Å². The van der Waals surface area contributed by atoms with Crippen molar-refractivity contribution in [3.63, 3.8) is 0 Å². The lowest BCUT2D eigenvalue weighted by molar-refractivity contribution is -0.384. The van der Waals surface area contributed by atoms with Crippen molar-refractivity contribution in [2.75, 3.05) is 31.1 Å². The van der Waals surface area contributed by atoms with Crippen LogP contribution in [0.25, 0.3) is 0 Å². The van der Waals surface area contributed by atoms with Gasteiger partial charge in [0.25, 0.3) is 5.69 Å². The number of hydrogen-bond donors (Lipinski definition) is 1. The Hall–Kier alpha value is -2.64. The Morgan fingerprint density at radius 3 is 2.38 bits per heavy atom. The molecule has 7 nitrogen and oxygen atoms in total. The first-order valence-corrected chi connectivity index (χ1v) is 10.0. The second-order valence-electron chi connectivity index (χ2n) is 7.23. The monoisotopic (exact) mass is 416 g/mol. The molecule has 29 heavy (non-hydrogen) atoms. The summed E-state index contributed by atoms with van der Waals surface area (Å²) < 4.78 is 0. The van der Waals surface area contributed by atoms with Gasteiger partial charge in [0.05, 0.1) is 17.0 Å². The third-order valence-electron chi connectivity index (χ3n) is 5.37. The Labute approximate surface area is 175 Å². The van der Waals surface area contributed by atoms with Crippen LogP contribution in [-0.2, 0) is 4.79 Å². The van der Waals surface area contributed by atoms with Crippen LogP contribution in [0.3, 0.4) is 0 Å². The molecule has 1 aliphatic rings. The molecule has 0 radical (unpaired) electrons. The van der Waals surface area contributed by atoms with Gasteiger partial charge in [-0.25, -0.2) is 0 Å². The van der Waals surface area contributed by atoms with Crippen LogP contribution in [0, 0.1) is 10.1 Å². The Bertz CT molecular complexity index is 869. The second-order valence-corrected chi connectivity index (χ2v) is 7.67. The summed E-state index contributed by atoms with van der Waals surface area (Å²) in [6.45, 7) is 6.37. The fourth-order valence-corrected chi connectivity index (χ4v) is 3.75. The molecule has 0 aliphatic carbocycles. The molecule has 0 aromatic heterocycles. The van der Waals surface area contributed by atoms with E-state index in [-0.39, 0.29) is 23.7 Å². The SMILES string of the molecule is CC(NC(=O)C(C)N1CCN(c2ccc(Cl)cc2[N+](=O)[O-])CC1)c1ccccc1. The number of nitrogens with zero attached hydrogens (tertiary/aromatic N) is 3. The fourth-order valence-electron chi connectivity index (χ4n) is 3.59. The lowest BCUT2D eigenvalue weighted by atomic mass is 10.1. The van der Waals surface area contributed by atoms with E-state index in [0.29, 0.717) is 36.9 Å². The highest BCUT2D eigenvalue weighted by Gasteiger charge is 2.29. The van der Waals surface area contributed by atoms with Gasteiger partial charge in [0, 0.05) is 37.3 Å². The van der Waals surface area contributed by atoms with Gasteiger partial charge in [0.2, 0.25) is 5.91 Å². The maximum atomic E-state index is 12.7. The summed E-state index contributed by atoms with van der Waals surface area (Å²) in [6, 6.07) is 14.2. The van der Waals surface area contributed by atoms with E-state index in [4.69, 9.17) is 11.6 Å². The van der Waals surface area contributed by atoms with Gasteiger partial charge >= 0.3 is 0 Å². The number of benzene rings is 2. The van der Waals surface area contributed by atoms with Gasteiger partial charge in [-0.15, -0.1) is 0 Å². The van der Waals surface area contributed by atoms with Crippen molar-refractivity contribution < 1.29 is 9.72 Å². The number of carbonyl (C=O) groups is 1. The number of hydrogen-bond acceptors (Lipinski definition) is 5. The average Bonchev–Trinajstić information content (AvgIpc) is 2.73. The summed E-state index contributed by atoms with van der Waals surface area (Å²) in [6.07, 6.45) is 0. The number of anilines is 1. The number of amides is 1. The number of nitrogens with one attached hydrogen (secondary N) is 1. The second kappa shape index (κ2) is 9.24. The van der Waals surface area contributed by atoms with E-state index in [0.717, 1.165) is 5.56 Å². The van der Waals surface area contributed by atoms with Crippen LogP contribution in [0.1, 0.15) is 25.5 Å². The predicted molar refractivity (Wildman–Crippen MR) is 114 cm³/mol. The van der Waals surface area contributed by atoms with Gasteiger partial charge in [-0.2, -0.15) is 0 Å². The molecule has 2 aromatic carbocycles. The molecule has 2 atom stereocenters. The van der Waals surface area contributed by atoms with E-state index >= 15 is 0 Å². The number of nitro groups is 1. The highest BCUT2D eigenvalue weighted by molar-refractivity contribution is 6.30. The van der Waals surface area contributed by atoms with Crippen molar-refractivity contribution in [2.24, 2.45) is 0 Å². The molecular weight excluding hydrogens is 392 g/mol. The Morgan fingerprint density at radius 2 is 1.76 bits per heavy atom. The number of halogens is 1. The average molecular weight is 417 g/mol. The molecule has 0 saturated carbocycles. The van der Waals surface area contributed by atoms with Crippen LogP contribution in [-0.4, -0.2) is 48.0 Å². The number of rotatable bonds is 6. The molecule has 8 heteroatoms. The van der Waals surface area contributed by atoms with E-state index in [2.05, 4.69) is 10.2 Å². The molecule has 1 aliphatic heterocycles. The molecule has 0 bridgehead atoms. The number of piperazine rings is 1. The lowest BCUT2D eigenvalue weighted by Crippen LogP contribution is -2.54. The predicted octanol–water partition coefficient (Wildman–Crippen LogP) is 3.64. The minimum atomic E-state index is -0.408. The quantitative estimate of drug-likeness (QED) is 0.574. The Kier molecular flexibility index (Phi) is 6.71. The fraction of sp³-hybridized carbons (Fsp3) is 0.381. The molecule has 2 unspecified atom stereocenters. The highest BCUT2D eigenvalue weighted by atomic mass is 35.5. The van der Waals surface area contributed by atoms with Crippen LogP contribution in [0.4, 0.5) is 11.4 Å². The van der Waals surface area contributed by atoms with Gasteiger partial charge < -0.3 is 10.2 Å². The lowest BCUT2D eigenvalue weighted by Gasteiger charge is -2.38. The zero-order valence-electron chi connectivity index (χ0n) is 16.5. The molecule has 2 aromatic rings. The number of carbonyl (C=O) groups excluding carboxylic acids is 1. The summed E-state index contributed by atoms with van der Waals surface area (Å²) in [5.41, 5.74) is 1.63. The van der Waals surface area contributed by atoms with Gasteiger partial charge in [-0.3, -0.25) is 19.8 Å². The zero-order valence-corrected chi connectivity index (χ0v) is 17.3. The molecule has 0 spiro atoms. The van der Waals surface area contributed by atoms with E-state index in [9.17, 15) is 14.9 Å². The van der Waals surface area contributed by atoms with Crippen molar-refractivity contribution in [3.05, 3.63) is 69.2 Å². The third kappa shape index (κ3) is 5.05. The first-order valence-electron chi connectivity index (χ1n) is 9.65. The minimum absolute atomic E-state index is 0.00780. The third-order valence-corrected chi connectivity index (χ3v) is 5.61. The van der Waals surface area contributed by atoms with Gasteiger partial charge in [-0.05, 0) is 31.5 Å². The van der Waals surface area contributed by atoms with Crippen LogP contribution >= 0.6 is 11.6 Å². The first kappa shape index (κ1) is 21.1. The van der Waals surface area contributed by atoms with E-state index in [1.165, 1.54) is 6.07 Å². The van der Waals surface area contributed by atoms with Crippen molar-refractivity contribution in [1.82, 2.24) is 10.2 Å². The van der Waals surface area contributed by atoms with Crippen LogP contribution in [0.15, 0.2) is 48.5 Å². The van der Waals surface area contributed by atoms with Gasteiger partial charge in [-0.1, -0.05) is 41.9 Å². The molecule has 3 rings (SSSR count). The van der Waals surface area contributed by atoms with Crippen LogP contribution in [0.5, 0.6) is 0 Å². The van der Waals surface area contributed by atoms with Crippen molar-refractivity contribution in [2.45, 2.75) is 25.9 Å². The highest BCUT2D eigenvalue weighted by Crippen LogP contribution is 2.31. The van der Waals surface area contributed by atoms with Crippen molar-refractivity contribution in [1.29, 1.82) is 0 Å². The normalized spacial score (nSPS) is 16.9. The Morgan fingerprint density at radius 1 is 1.10 bits per heavy atom. The molecule has 1 saturated heterocycles. The zero-order chi connectivity index (χ0) is 21.0. The molecule has 1 fully saturated rings. The largest absolute Gasteiger partial charge is 0.363 e. The van der Waals surface area contributed by atoms with Crippen LogP contribution in [0.2, 0.25) is 5.02 Å². The standard InChI is InChI=1S/C21H25ClN4O3/c1-15(17-6-4-3-5-7-17)23-21(27)16(2)24-10-12-25(13-11-24)19-9-8-18(22)14-20(19)26(28)29/h3-9,14-16H,10-13H2,1-2H3,(H,23,27). The van der Waals surface area contributed by atoms with Crippen molar-refractivity contribution >= 4 is 28.9 Å². The summed E-state index contributed by atoms with van der Waals surface area (Å²) in [5.74, 6) is -0.0210. The van der Waals surface area contributed by atoms with Crippen LogP contribution < -0.4 is 10.2 Å². The molecular formula is C21H25ClN4O3. The molecule has 154 valence electrons. The van der Waals surface area contributed by atoms with Crippen molar-refractivity contribution in [3.8, 4) is 0 Å². The topological polar surface area (TPSA) is 78.7 Å². The molecule has 1 N–H and O–H groups in total. The molecule has 1 amide bonds. The van der Waals surface area contributed by atoms with Gasteiger partial charge in [0.1, 0.15) is 5.69 Å². The summed E-state index contributed by atoms with van der Waals surface area (Å²) >= 11 is 5.91. The van der Waals surface area contributed by atoms with E-state index < -0.39 is 4.92 Å². The smallest absolute Gasteiger partial charge is 0.294 e. The summed E-state index contributed by atoms with van der Waals surface area (Å²) in [5, 5.41) is 14.8. The van der Waals surface area contributed by atoms with Gasteiger partial charge in [0.15, 0.2) is 0 Å². The minimum Gasteiger partial charge on any atom is -0.363 e. The summed E-state index contributed by atoms with van der Waals surface area (Å²) in [4.78, 5) is 27.7. The van der Waals surface area contributed by atoms with E-state index in [1.807, 2.05) is 49.1 Å². The first-order chi connectivity index (χ1) is 13.9. The molecule has 1 heterocycles. The maximum Gasteiger partial charge on any atom is 0.294 e. The number of nitro benzene ring substituents is 1. The Balaban J connectivity index is 1.59. The summed E-state index contributed by atoms with van der Waals surface area (Å²) in [7, 11) is 0. The maximum absolute atomic E-state index is 12.7.